The molecule has 1 amide bonds. The summed E-state index contributed by atoms with van der Waals surface area (Å²) in [6.07, 6.45) is 0.245. The second kappa shape index (κ2) is 7.98. The second-order valence-corrected chi connectivity index (χ2v) is 6.80. The van der Waals surface area contributed by atoms with Gasteiger partial charge in [0.25, 0.3) is 0 Å². The summed E-state index contributed by atoms with van der Waals surface area (Å²) in [7, 11) is 0. The number of hydrogen-bond donors (Lipinski definition) is 1. The third-order valence-electron chi connectivity index (χ3n) is 2.61. The molecule has 0 fully saturated rings. The van der Waals surface area contributed by atoms with Gasteiger partial charge in [-0.05, 0) is 18.2 Å². The molecule has 0 aliphatic heterocycles. The van der Waals surface area contributed by atoms with Crippen molar-refractivity contribution in [2.24, 2.45) is 0 Å². The fraction of sp³-hybridized carbons (Fsp3) is 0.231. The van der Waals surface area contributed by atoms with Crippen molar-refractivity contribution in [3.05, 3.63) is 29.3 Å². The van der Waals surface area contributed by atoms with E-state index in [1.165, 1.54) is 23.1 Å². The Morgan fingerprint density at radius 2 is 2.32 bits per heavy atom. The monoisotopic (exact) mass is 353 g/mol. The number of nitrogens with two attached hydrogens (primary N) is 1. The van der Waals surface area contributed by atoms with Gasteiger partial charge in [0.1, 0.15) is 0 Å². The number of nitrogens with zero attached hydrogens (tertiary/aromatic N) is 4. The Kier molecular flexibility index (Phi) is 6.00. The molecule has 9 heteroatoms. The van der Waals surface area contributed by atoms with E-state index in [-0.39, 0.29) is 18.1 Å². The predicted molar refractivity (Wildman–Crippen MR) is 89.1 cm³/mol. The smallest absolute Gasteiger partial charge is 0.237 e. The lowest BCUT2D eigenvalue weighted by Crippen LogP contribution is -2.33. The number of halogens is 1. The molecule has 0 aliphatic rings. The van der Waals surface area contributed by atoms with Crippen LogP contribution in [0.25, 0.3) is 0 Å². The molecule has 1 aromatic carbocycles. The van der Waals surface area contributed by atoms with Crippen LogP contribution in [0, 0.1) is 11.3 Å². The highest BCUT2D eigenvalue weighted by atomic mass is 35.5. The van der Waals surface area contributed by atoms with Gasteiger partial charge < -0.3 is 10.6 Å². The molecule has 2 rings (SSSR count). The Hall–Kier alpha value is -1.82. The number of amides is 1. The van der Waals surface area contributed by atoms with E-state index >= 15 is 0 Å². The summed E-state index contributed by atoms with van der Waals surface area (Å²) in [6, 6.07) is 9.03. The minimum Gasteiger partial charge on any atom is -0.374 e. The van der Waals surface area contributed by atoms with Crippen molar-refractivity contribution in [1.82, 2.24) is 10.2 Å². The van der Waals surface area contributed by atoms with Crippen LogP contribution in [0.15, 0.2) is 28.6 Å². The highest BCUT2D eigenvalue weighted by Gasteiger charge is 2.17. The average molecular weight is 354 g/mol. The topological polar surface area (TPSA) is 95.9 Å². The summed E-state index contributed by atoms with van der Waals surface area (Å²) in [6.45, 7) is 0.314. The SMILES string of the molecule is N#CCCN(C(=O)CSc1nnc(N)s1)c1cccc(Cl)c1. The molecule has 1 aromatic heterocycles. The molecule has 22 heavy (non-hydrogen) atoms. The summed E-state index contributed by atoms with van der Waals surface area (Å²) in [5.74, 6) is 0.0586. The number of rotatable bonds is 6. The maximum Gasteiger partial charge on any atom is 0.237 e. The lowest BCUT2D eigenvalue weighted by Gasteiger charge is -2.21. The van der Waals surface area contributed by atoms with Crippen LogP contribution < -0.4 is 10.6 Å². The van der Waals surface area contributed by atoms with Crippen LogP contribution in [0.4, 0.5) is 10.8 Å². The van der Waals surface area contributed by atoms with E-state index in [1.54, 1.807) is 29.2 Å². The standard InChI is InChI=1S/C13H12ClN5OS2/c14-9-3-1-4-10(7-9)19(6-2-5-15)11(20)8-21-13-18-17-12(16)22-13/h1,3-4,7H,2,6,8H2,(H2,16,17). The van der Waals surface area contributed by atoms with E-state index in [9.17, 15) is 4.79 Å². The number of nitriles is 1. The van der Waals surface area contributed by atoms with Gasteiger partial charge in [-0.3, -0.25) is 4.79 Å². The highest BCUT2D eigenvalue weighted by molar-refractivity contribution is 8.01. The predicted octanol–water partition coefficient (Wildman–Crippen LogP) is 2.81. The fourth-order valence-electron chi connectivity index (χ4n) is 1.68. The molecule has 0 saturated heterocycles. The Morgan fingerprint density at radius 1 is 1.50 bits per heavy atom. The van der Waals surface area contributed by atoms with Crippen LogP contribution in [0.3, 0.4) is 0 Å². The van der Waals surface area contributed by atoms with E-state index in [2.05, 4.69) is 10.2 Å². The van der Waals surface area contributed by atoms with Gasteiger partial charge in [-0.25, -0.2) is 0 Å². The lowest BCUT2D eigenvalue weighted by molar-refractivity contribution is -0.116. The number of aromatic nitrogens is 2. The number of carbonyl (C=O) groups is 1. The van der Waals surface area contributed by atoms with E-state index in [1.807, 2.05) is 6.07 Å². The maximum absolute atomic E-state index is 12.4. The van der Waals surface area contributed by atoms with Gasteiger partial charge in [0, 0.05) is 17.3 Å². The van der Waals surface area contributed by atoms with Gasteiger partial charge in [0.05, 0.1) is 18.2 Å². The molecular weight excluding hydrogens is 342 g/mol. The van der Waals surface area contributed by atoms with Gasteiger partial charge in [-0.15, -0.1) is 10.2 Å². The van der Waals surface area contributed by atoms with Crippen LogP contribution in [-0.4, -0.2) is 28.4 Å². The summed E-state index contributed by atoms with van der Waals surface area (Å²) in [5, 5.41) is 17.2. The zero-order chi connectivity index (χ0) is 15.9. The summed E-state index contributed by atoms with van der Waals surface area (Å²) in [5.41, 5.74) is 6.18. The normalized spacial score (nSPS) is 10.2. The number of thioether (sulfide) groups is 1. The molecule has 114 valence electrons. The summed E-state index contributed by atoms with van der Waals surface area (Å²) in [4.78, 5) is 14.0. The first-order valence-electron chi connectivity index (χ1n) is 6.25. The minimum atomic E-state index is -0.128. The third kappa shape index (κ3) is 4.59. The number of anilines is 2. The fourth-order valence-corrected chi connectivity index (χ4v) is 3.38. The van der Waals surface area contributed by atoms with Crippen LogP contribution in [0.2, 0.25) is 5.02 Å². The molecule has 0 unspecified atom stereocenters. The molecule has 6 nitrogen and oxygen atoms in total. The van der Waals surface area contributed by atoms with Crippen LogP contribution in [0.1, 0.15) is 6.42 Å². The van der Waals surface area contributed by atoms with Crippen molar-refractivity contribution in [3.8, 4) is 6.07 Å². The first-order valence-corrected chi connectivity index (χ1v) is 8.43. The average Bonchev–Trinajstić information content (AvgIpc) is 2.91. The zero-order valence-corrected chi connectivity index (χ0v) is 13.8. The van der Waals surface area contributed by atoms with Crippen molar-refractivity contribution in [1.29, 1.82) is 5.26 Å². The molecular formula is C13H12ClN5OS2. The highest BCUT2D eigenvalue weighted by Crippen LogP contribution is 2.25. The summed E-state index contributed by atoms with van der Waals surface area (Å²) >= 11 is 8.46. The Balaban J connectivity index is 2.07. The largest absolute Gasteiger partial charge is 0.374 e. The Labute approximate surface area is 140 Å². The molecule has 0 radical (unpaired) electrons. The molecule has 0 saturated carbocycles. The number of nitrogen functional groups attached to an aromatic ring is 1. The molecule has 0 spiro atoms. The molecule has 1 heterocycles. The van der Waals surface area contributed by atoms with Crippen LogP contribution >= 0.6 is 34.7 Å². The third-order valence-corrected chi connectivity index (χ3v) is 4.71. The van der Waals surface area contributed by atoms with E-state index in [0.29, 0.717) is 26.7 Å². The molecule has 2 aromatic rings. The van der Waals surface area contributed by atoms with E-state index in [4.69, 9.17) is 22.6 Å². The quantitative estimate of drug-likeness (QED) is 0.802. The molecule has 0 bridgehead atoms. The number of carbonyl (C=O) groups excluding carboxylic acids is 1. The van der Waals surface area contributed by atoms with Crippen LogP contribution in [-0.2, 0) is 4.79 Å². The second-order valence-electron chi connectivity index (χ2n) is 4.13. The van der Waals surface area contributed by atoms with Gasteiger partial charge in [0.2, 0.25) is 11.0 Å². The van der Waals surface area contributed by atoms with Crippen molar-refractivity contribution >= 4 is 51.4 Å². The maximum atomic E-state index is 12.4. The van der Waals surface area contributed by atoms with Crippen molar-refractivity contribution in [3.63, 3.8) is 0 Å². The summed E-state index contributed by atoms with van der Waals surface area (Å²) < 4.78 is 0.636. The first kappa shape index (κ1) is 16.5. The van der Waals surface area contributed by atoms with Gasteiger partial charge in [-0.1, -0.05) is 40.8 Å². The van der Waals surface area contributed by atoms with Gasteiger partial charge in [-0.2, -0.15) is 5.26 Å². The van der Waals surface area contributed by atoms with E-state index in [0.717, 1.165) is 0 Å². The van der Waals surface area contributed by atoms with Gasteiger partial charge >= 0.3 is 0 Å². The minimum absolute atomic E-state index is 0.128. The van der Waals surface area contributed by atoms with Crippen molar-refractivity contribution < 1.29 is 4.79 Å². The Morgan fingerprint density at radius 3 is 2.95 bits per heavy atom. The first-order chi connectivity index (χ1) is 10.6. The van der Waals surface area contributed by atoms with E-state index < -0.39 is 0 Å². The molecule has 0 atom stereocenters. The van der Waals surface area contributed by atoms with Crippen molar-refractivity contribution in [2.75, 3.05) is 22.9 Å². The zero-order valence-electron chi connectivity index (χ0n) is 11.4. The Bertz CT molecular complexity index is 700. The molecule has 0 aliphatic carbocycles. The van der Waals surface area contributed by atoms with Gasteiger partial charge in [0.15, 0.2) is 4.34 Å². The molecule has 2 N–H and O–H groups in total. The number of benzene rings is 1. The lowest BCUT2D eigenvalue weighted by atomic mass is 10.2. The van der Waals surface area contributed by atoms with Crippen LogP contribution in [0.5, 0.6) is 0 Å². The number of hydrogen-bond acceptors (Lipinski definition) is 7. The van der Waals surface area contributed by atoms with Crippen molar-refractivity contribution in [2.45, 2.75) is 10.8 Å².